The molecule has 2 N–H and O–H groups in total. The van der Waals surface area contributed by atoms with Gasteiger partial charge in [-0.15, -0.1) is 0 Å². The summed E-state index contributed by atoms with van der Waals surface area (Å²) in [6, 6.07) is 5.55. The van der Waals surface area contributed by atoms with Gasteiger partial charge >= 0.3 is 0 Å². The molecule has 0 spiro atoms. The van der Waals surface area contributed by atoms with Crippen molar-refractivity contribution in [3.8, 4) is 0 Å². The van der Waals surface area contributed by atoms with Gasteiger partial charge in [0.05, 0.1) is 0 Å². The van der Waals surface area contributed by atoms with E-state index >= 15 is 0 Å². The summed E-state index contributed by atoms with van der Waals surface area (Å²) in [5.74, 6) is 0.702. The zero-order valence-corrected chi connectivity index (χ0v) is 12.7. The van der Waals surface area contributed by atoms with Crippen LogP contribution in [-0.2, 0) is 4.79 Å². The molecular formula is C15H23ClN2O. The maximum absolute atomic E-state index is 11.7. The highest BCUT2D eigenvalue weighted by molar-refractivity contribution is 6.31. The number of amides is 1. The summed E-state index contributed by atoms with van der Waals surface area (Å²) in [6.07, 6.45) is 1.61. The molecule has 0 aliphatic rings. The zero-order chi connectivity index (χ0) is 14.3. The number of anilines is 1. The van der Waals surface area contributed by atoms with Crippen LogP contribution in [0.4, 0.5) is 5.69 Å². The van der Waals surface area contributed by atoms with Crippen LogP contribution in [0.15, 0.2) is 18.2 Å². The molecule has 1 amide bonds. The smallest absolute Gasteiger partial charge is 0.225 e. The molecule has 1 aromatic rings. The molecule has 0 heterocycles. The Morgan fingerprint density at radius 2 is 2.05 bits per heavy atom. The maximum Gasteiger partial charge on any atom is 0.225 e. The summed E-state index contributed by atoms with van der Waals surface area (Å²) in [4.78, 5) is 11.7. The van der Waals surface area contributed by atoms with E-state index in [1.807, 2.05) is 19.1 Å². The highest BCUT2D eigenvalue weighted by Gasteiger charge is 2.03. The van der Waals surface area contributed by atoms with E-state index in [0.717, 1.165) is 24.2 Å². The van der Waals surface area contributed by atoms with Crippen LogP contribution < -0.4 is 10.6 Å². The third-order valence-corrected chi connectivity index (χ3v) is 3.29. The van der Waals surface area contributed by atoms with Gasteiger partial charge in [-0.2, -0.15) is 0 Å². The average molecular weight is 283 g/mol. The van der Waals surface area contributed by atoms with Crippen LogP contribution in [-0.4, -0.2) is 19.0 Å². The van der Waals surface area contributed by atoms with Crippen molar-refractivity contribution in [3.05, 3.63) is 28.8 Å². The van der Waals surface area contributed by atoms with Gasteiger partial charge in [0, 0.05) is 23.7 Å². The third kappa shape index (κ3) is 6.60. The van der Waals surface area contributed by atoms with Crippen molar-refractivity contribution < 1.29 is 4.79 Å². The number of carbonyl (C=O) groups is 1. The quantitative estimate of drug-likeness (QED) is 0.750. The first kappa shape index (κ1) is 16.0. The number of halogens is 1. The first-order valence-electron chi connectivity index (χ1n) is 6.75. The number of aryl methyl sites for hydroxylation is 1. The molecule has 0 aliphatic carbocycles. The maximum atomic E-state index is 11.7. The first-order valence-corrected chi connectivity index (χ1v) is 7.13. The molecule has 3 nitrogen and oxygen atoms in total. The molecular weight excluding hydrogens is 260 g/mol. The Bertz CT molecular complexity index is 419. The van der Waals surface area contributed by atoms with Gasteiger partial charge in [-0.05, 0) is 43.5 Å². The van der Waals surface area contributed by atoms with Crippen LogP contribution in [0.2, 0.25) is 5.02 Å². The lowest BCUT2D eigenvalue weighted by Gasteiger charge is -2.08. The van der Waals surface area contributed by atoms with Crippen molar-refractivity contribution in [1.82, 2.24) is 5.32 Å². The molecule has 0 atom stereocenters. The van der Waals surface area contributed by atoms with Crippen LogP contribution >= 0.6 is 11.6 Å². The second kappa shape index (κ2) is 8.18. The Morgan fingerprint density at radius 3 is 2.68 bits per heavy atom. The summed E-state index contributed by atoms with van der Waals surface area (Å²) >= 11 is 6.01. The summed E-state index contributed by atoms with van der Waals surface area (Å²) in [5.41, 5.74) is 1.76. The van der Waals surface area contributed by atoms with Crippen LogP contribution in [0.25, 0.3) is 0 Å². The van der Waals surface area contributed by atoms with Crippen LogP contribution in [0.5, 0.6) is 0 Å². The molecule has 0 aliphatic heterocycles. The molecule has 0 fully saturated rings. The van der Waals surface area contributed by atoms with Crippen LogP contribution in [0, 0.1) is 12.8 Å². The molecule has 4 heteroatoms. The Hall–Kier alpha value is -1.06. The molecule has 1 aromatic carbocycles. The minimum atomic E-state index is 0.0111. The number of hydrogen-bond donors (Lipinski definition) is 2. The van der Waals surface area contributed by atoms with E-state index in [1.54, 1.807) is 6.07 Å². The van der Waals surface area contributed by atoms with E-state index in [0.29, 0.717) is 23.9 Å². The topological polar surface area (TPSA) is 41.1 Å². The van der Waals surface area contributed by atoms with Crippen LogP contribution in [0.3, 0.4) is 0 Å². The van der Waals surface area contributed by atoms with E-state index in [1.165, 1.54) is 0 Å². The lowest BCUT2D eigenvalue weighted by molar-refractivity contribution is -0.116. The van der Waals surface area contributed by atoms with Gasteiger partial charge in [-0.3, -0.25) is 4.79 Å². The predicted octanol–water partition coefficient (Wildman–Crippen LogP) is 3.61. The fourth-order valence-electron chi connectivity index (χ4n) is 1.61. The summed E-state index contributed by atoms with van der Waals surface area (Å²) < 4.78 is 0. The Labute approximate surface area is 120 Å². The molecule has 0 saturated carbocycles. The molecule has 1 rings (SSSR count). The van der Waals surface area contributed by atoms with E-state index in [2.05, 4.69) is 24.5 Å². The van der Waals surface area contributed by atoms with E-state index in [-0.39, 0.29) is 5.91 Å². The molecule has 0 saturated heterocycles. The molecule has 0 bridgehead atoms. The van der Waals surface area contributed by atoms with Gasteiger partial charge in [-0.1, -0.05) is 31.5 Å². The van der Waals surface area contributed by atoms with Crippen molar-refractivity contribution in [2.75, 3.05) is 18.4 Å². The Balaban J connectivity index is 2.25. The van der Waals surface area contributed by atoms with E-state index in [9.17, 15) is 4.79 Å². The van der Waals surface area contributed by atoms with Gasteiger partial charge in [0.15, 0.2) is 0 Å². The fourth-order valence-corrected chi connectivity index (χ4v) is 1.79. The summed E-state index contributed by atoms with van der Waals surface area (Å²) in [7, 11) is 0. The zero-order valence-electron chi connectivity index (χ0n) is 11.9. The lowest BCUT2D eigenvalue weighted by Crippen LogP contribution is -2.23. The van der Waals surface area contributed by atoms with Gasteiger partial charge in [0.25, 0.3) is 0 Å². The molecule has 19 heavy (non-hydrogen) atoms. The number of rotatable bonds is 7. The second-order valence-electron chi connectivity index (χ2n) is 5.19. The molecule has 0 unspecified atom stereocenters. The van der Waals surface area contributed by atoms with E-state index < -0.39 is 0 Å². The van der Waals surface area contributed by atoms with Crippen molar-refractivity contribution in [1.29, 1.82) is 0 Å². The van der Waals surface area contributed by atoms with Crippen molar-refractivity contribution in [3.63, 3.8) is 0 Å². The third-order valence-electron chi connectivity index (χ3n) is 2.88. The number of benzene rings is 1. The van der Waals surface area contributed by atoms with Crippen molar-refractivity contribution in [2.45, 2.75) is 33.6 Å². The van der Waals surface area contributed by atoms with Gasteiger partial charge in [0.2, 0.25) is 5.91 Å². The van der Waals surface area contributed by atoms with Gasteiger partial charge in [0.1, 0.15) is 0 Å². The monoisotopic (exact) mass is 282 g/mol. The van der Waals surface area contributed by atoms with E-state index in [4.69, 9.17) is 11.6 Å². The number of carbonyl (C=O) groups excluding carboxylic acids is 1. The standard InChI is InChI=1S/C15H23ClN2O/c1-11(2)6-8-17-9-7-15(19)18-13-5-4-12(3)14(16)10-13/h4-5,10-11,17H,6-9H2,1-3H3,(H,18,19). The molecule has 0 radical (unpaired) electrons. The van der Waals surface area contributed by atoms with Crippen LogP contribution in [0.1, 0.15) is 32.3 Å². The normalized spacial score (nSPS) is 10.8. The highest BCUT2D eigenvalue weighted by Crippen LogP contribution is 2.19. The SMILES string of the molecule is Cc1ccc(NC(=O)CCNCCC(C)C)cc1Cl. The minimum absolute atomic E-state index is 0.0111. The highest BCUT2D eigenvalue weighted by atomic mass is 35.5. The van der Waals surface area contributed by atoms with Gasteiger partial charge in [-0.25, -0.2) is 0 Å². The second-order valence-corrected chi connectivity index (χ2v) is 5.60. The summed E-state index contributed by atoms with van der Waals surface area (Å²) in [6.45, 7) is 7.98. The van der Waals surface area contributed by atoms with Crippen molar-refractivity contribution >= 4 is 23.2 Å². The lowest BCUT2D eigenvalue weighted by atomic mass is 10.1. The summed E-state index contributed by atoms with van der Waals surface area (Å²) in [5, 5.41) is 6.79. The van der Waals surface area contributed by atoms with Crippen molar-refractivity contribution in [2.24, 2.45) is 5.92 Å². The number of nitrogens with one attached hydrogen (secondary N) is 2. The Morgan fingerprint density at radius 1 is 1.32 bits per heavy atom. The van der Waals surface area contributed by atoms with Gasteiger partial charge < -0.3 is 10.6 Å². The molecule has 106 valence electrons. The minimum Gasteiger partial charge on any atom is -0.326 e. The first-order chi connectivity index (χ1) is 8.99. The molecule has 0 aromatic heterocycles. The predicted molar refractivity (Wildman–Crippen MR) is 81.8 cm³/mol. The number of hydrogen-bond acceptors (Lipinski definition) is 2. The largest absolute Gasteiger partial charge is 0.326 e. The Kier molecular flexibility index (Phi) is 6.89. The average Bonchev–Trinajstić information content (AvgIpc) is 2.33. The fraction of sp³-hybridized carbons (Fsp3) is 0.533.